The summed E-state index contributed by atoms with van der Waals surface area (Å²) >= 11 is 0. The van der Waals surface area contributed by atoms with Crippen molar-refractivity contribution in [2.75, 3.05) is 19.6 Å². The monoisotopic (exact) mass is 500 g/mol. The number of carbonyl (C=O) groups is 2. The fraction of sp³-hybridized carbons (Fsp3) is 0.552. The van der Waals surface area contributed by atoms with Gasteiger partial charge < -0.3 is 20.7 Å². The molecule has 1 aromatic carbocycles. The molecule has 1 unspecified atom stereocenters. The average molecular weight is 501 g/mol. The number of phenolic OH excluding ortho intramolecular Hbond substituents is 1. The molecule has 1 aromatic heterocycles. The molecule has 8 heteroatoms. The Labute approximate surface area is 214 Å². The maximum atomic E-state index is 13.4. The molecule has 4 N–H and O–H groups in total. The van der Waals surface area contributed by atoms with Gasteiger partial charge in [0.2, 0.25) is 5.91 Å². The number of aromatic nitrogens is 1. The van der Waals surface area contributed by atoms with Crippen LogP contribution >= 0.6 is 0 Å². The van der Waals surface area contributed by atoms with Crippen LogP contribution in [0.2, 0.25) is 0 Å². The molecule has 2 spiro atoms. The van der Waals surface area contributed by atoms with E-state index in [0.717, 1.165) is 49.5 Å². The first-order valence-electron chi connectivity index (χ1n) is 13.7. The summed E-state index contributed by atoms with van der Waals surface area (Å²) in [5, 5.41) is 10.4. The molecule has 8 rings (SSSR count). The van der Waals surface area contributed by atoms with Gasteiger partial charge in [-0.3, -0.25) is 19.3 Å². The Balaban J connectivity index is 1.20. The van der Waals surface area contributed by atoms with E-state index >= 15 is 0 Å². The number of nitrogens with zero attached hydrogens (tertiary/aromatic N) is 2. The van der Waals surface area contributed by atoms with Gasteiger partial charge in [-0.2, -0.15) is 0 Å². The third kappa shape index (κ3) is 2.74. The fourth-order valence-electron chi connectivity index (χ4n) is 9.13. The molecule has 0 radical (unpaired) electrons. The van der Waals surface area contributed by atoms with Crippen LogP contribution in [0.5, 0.6) is 5.75 Å². The van der Waals surface area contributed by atoms with E-state index in [9.17, 15) is 19.5 Å². The lowest BCUT2D eigenvalue weighted by Crippen LogP contribution is -2.68. The number of primary amides is 1. The second kappa shape index (κ2) is 7.04. The first-order chi connectivity index (χ1) is 17.8. The third-order valence-electron chi connectivity index (χ3n) is 10.7. The number of aromatic amines is 1. The van der Waals surface area contributed by atoms with E-state index in [1.165, 1.54) is 28.9 Å². The lowest BCUT2D eigenvalue weighted by atomic mass is 9.58. The number of hydrogen-bond donors (Lipinski definition) is 3. The maximum absolute atomic E-state index is 13.4. The molecular formula is C29H32N4O4. The smallest absolute Gasteiger partial charge is 0.261 e. The molecule has 2 saturated carbocycles. The molecule has 2 amide bonds. The van der Waals surface area contributed by atoms with Crippen molar-refractivity contribution >= 4 is 11.8 Å². The van der Waals surface area contributed by atoms with Gasteiger partial charge in [0, 0.05) is 42.2 Å². The highest BCUT2D eigenvalue weighted by molar-refractivity contribution is 5.97. The third-order valence-corrected chi connectivity index (χ3v) is 10.7. The maximum Gasteiger partial charge on any atom is 0.261 e. The number of rotatable bonds is 4. The number of benzene rings is 1. The number of likely N-dealkylation sites (tertiary alicyclic amines) is 2. The van der Waals surface area contributed by atoms with Crippen LogP contribution in [-0.4, -0.2) is 63.4 Å². The summed E-state index contributed by atoms with van der Waals surface area (Å²) in [5.41, 5.74) is 9.87. The van der Waals surface area contributed by atoms with Gasteiger partial charge in [-0.1, -0.05) is 6.07 Å². The number of hydrogen-bond acceptors (Lipinski definition) is 5. The van der Waals surface area contributed by atoms with Crippen LogP contribution in [0.3, 0.4) is 0 Å². The average Bonchev–Trinajstić information content (AvgIpc) is 3.37. The van der Waals surface area contributed by atoms with Crippen molar-refractivity contribution in [3.63, 3.8) is 0 Å². The quantitative estimate of drug-likeness (QED) is 0.589. The predicted molar refractivity (Wildman–Crippen MR) is 135 cm³/mol. The summed E-state index contributed by atoms with van der Waals surface area (Å²) in [4.78, 5) is 45.8. The van der Waals surface area contributed by atoms with Crippen LogP contribution in [0.1, 0.15) is 64.8 Å². The zero-order chi connectivity index (χ0) is 25.3. The molecule has 37 heavy (non-hydrogen) atoms. The van der Waals surface area contributed by atoms with Crippen molar-refractivity contribution in [2.45, 2.75) is 67.9 Å². The number of H-pyrrole nitrogens is 1. The Morgan fingerprint density at radius 2 is 1.97 bits per heavy atom. The first-order valence-corrected chi connectivity index (χ1v) is 13.7. The van der Waals surface area contributed by atoms with E-state index in [2.05, 4.69) is 16.0 Å². The van der Waals surface area contributed by atoms with E-state index in [4.69, 9.17) is 5.73 Å². The van der Waals surface area contributed by atoms with Crippen LogP contribution < -0.4 is 11.3 Å². The highest BCUT2D eigenvalue weighted by atomic mass is 16.3. The summed E-state index contributed by atoms with van der Waals surface area (Å²) in [6, 6.07) is 7.55. The molecule has 4 aliphatic carbocycles. The summed E-state index contributed by atoms with van der Waals surface area (Å²) in [7, 11) is 0. The lowest BCUT2D eigenvalue weighted by Gasteiger charge is -2.59. The second-order valence-electron chi connectivity index (χ2n) is 12.6. The normalized spacial score (nSPS) is 34.9. The zero-order valence-electron chi connectivity index (χ0n) is 20.8. The Kier molecular flexibility index (Phi) is 4.17. The van der Waals surface area contributed by atoms with Crippen LogP contribution in [0.25, 0.3) is 0 Å². The molecular weight excluding hydrogens is 468 g/mol. The van der Waals surface area contributed by atoms with Gasteiger partial charge in [0.05, 0.1) is 0 Å². The number of aromatic hydroxyl groups is 1. The minimum Gasteiger partial charge on any atom is -0.508 e. The molecule has 2 aliphatic heterocycles. The minimum absolute atomic E-state index is 0.107. The number of fused-ring (bicyclic) bond motifs is 3. The van der Waals surface area contributed by atoms with Crippen LogP contribution in [0.4, 0.5) is 0 Å². The van der Waals surface area contributed by atoms with E-state index in [0.29, 0.717) is 37.1 Å². The Morgan fingerprint density at radius 1 is 1.14 bits per heavy atom. The molecule has 2 bridgehead atoms. The standard InChI is InChI=1S/C29H32N4O4/c30-25(35)23-2-1-7-33(23)27(37)18-8-16-9-21-24-29(14-32(24)12-15-3-4-15)13-28(21,11-22(16)31-26(18)36)20-10-17(34)5-6-19(20)29/h5-6,8,10,15,21,23-24,34H,1-4,7,9,11-14H2,(H2,30,35)(H,31,36)/t21-,23-,24-,28-,29?/m0/s1. The van der Waals surface area contributed by atoms with Crippen molar-refractivity contribution in [3.05, 3.63) is 62.6 Å². The SMILES string of the molecule is NC(=O)[C@@H]1CCCN1C(=O)c1cc2c([nH]c1=O)C[C@@]13CC4(CN(CC5CC5)[C@H]4[C@@H]1C2)c1ccc(O)cc13. The minimum atomic E-state index is -0.647. The van der Waals surface area contributed by atoms with Crippen molar-refractivity contribution in [1.82, 2.24) is 14.8 Å². The van der Waals surface area contributed by atoms with Crippen LogP contribution in [0.15, 0.2) is 29.1 Å². The van der Waals surface area contributed by atoms with E-state index in [1.807, 2.05) is 12.1 Å². The number of carbonyl (C=O) groups excluding carboxylic acids is 2. The molecule has 2 saturated heterocycles. The topological polar surface area (TPSA) is 120 Å². The van der Waals surface area contributed by atoms with Gasteiger partial charge in [-0.15, -0.1) is 0 Å². The highest BCUT2D eigenvalue weighted by Gasteiger charge is 2.74. The second-order valence-corrected chi connectivity index (χ2v) is 12.6. The van der Waals surface area contributed by atoms with Crippen molar-refractivity contribution in [2.24, 2.45) is 17.6 Å². The lowest BCUT2D eigenvalue weighted by molar-refractivity contribution is -0.121. The summed E-state index contributed by atoms with van der Waals surface area (Å²) in [6.07, 6.45) is 6.49. The summed E-state index contributed by atoms with van der Waals surface area (Å²) < 4.78 is 0. The van der Waals surface area contributed by atoms with Crippen LogP contribution in [0, 0.1) is 11.8 Å². The molecule has 192 valence electrons. The number of nitrogens with one attached hydrogen (secondary N) is 1. The summed E-state index contributed by atoms with van der Waals surface area (Å²) in [5.74, 6) is 0.584. The summed E-state index contributed by atoms with van der Waals surface area (Å²) in [6.45, 7) is 2.68. The van der Waals surface area contributed by atoms with Gasteiger partial charge in [0.1, 0.15) is 17.4 Å². The van der Waals surface area contributed by atoms with Crippen molar-refractivity contribution < 1.29 is 14.7 Å². The Bertz CT molecular complexity index is 1450. The zero-order valence-corrected chi connectivity index (χ0v) is 20.8. The molecule has 8 nitrogen and oxygen atoms in total. The largest absolute Gasteiger partial charge is 0.508 e. The van der Waals surface area contributed by atoms with Gasteiger partial charge in [0.15, 0.2) is 0 Å². The first kappa shape index (κ1) is 21.9. The number of amides is 2. The van der Waals surface area contributed by atoms with Gasteiger partial charge >= 0.3 is 0 Å². The molecule has 5 atom stereocenters. The van der Waals surface area contributed by atoms with E-state index < -0.39 is 23.4 Å². The number of nitrogens with two attached hydrogens (primary N) is 1. The van der Waals surface area contributed by atoms with E-state index in [-0.39, 0.29) is 16.4 Å². The van der Waals surface area contributed by atoms with Gasteiger partial charge in [0.25, 0.3) is 11.5 Å². The van der Waals surface area contributed by atoms with E-state index in [1.54, 1.807) is 6.07 Å². The molecule has 6 aliphatic rings. The molecule has 2 aromatic rings. The van der Waals surface area contributed by atoms with Gasteiger partial charge in [-0.05, 0) is 91.7 Å². The number of pyridine rings is 1. The van der Waals surface area contributed by atoms with Crippen molar-refractivity contribution in [3.8, 4) is 5.75 Å². The van der Waals surface area contributed by atoms with Crippen molar-refractivity contribution in [1.29, 1.82) is 0 Å². The van der Waals surface area contributed by atoms with Gasteiger partial charge in [-0.25, -0.2) is 0 Å². The van der Waals surface area contributed by atoms with Crippen LogP contribution in [-0.2, 0) is 28.5 Å². The highest BCUT2D eigenvalue weighted by Crippen LogP contribution is 2.71. The Morgan fingerprint density at radius 3 is 2.76 bits per heavy atom. The molecule has 4 fully saturated rings. The molecule has 3 heterocycles. The Hall–Kier alpha value is -3.13. The fourth-order valence-corrected chi connectivity index (χ4v) is 9.13. The number of phenols is 1. The predicted octanol–water partition coefficient (Wildman–Crippen LogP) is 1.57.